The number of pyridine rings is 1. The highest BCUT2D eigenvalue weighted by atomic mass is 16.3. The Labute approximate surface area is 190 Å². The van der Waals surface area contributed by atoms with Crippen molar-refractivity contribution in [3.63, 3.8) is 0 Å². The van der Waals surface area contributed by atoms with Gasteiger partial charge in [0.15, 0.2) is 0 Å². The molecule has 0 radical (unpaired) electrons. The van der Waals surface area contributed by atoms with Crippen molar-refractivity contribution in [3.8, 4) is 0 Å². The molecule has 168 valence electrons. The summed E-state index contributed by atoms with van der Waals surface area (Å²) >= 11 is 0. The molecule has 1 aromatic heterocycles. The van der Waals surface area contributed by atoms with Crippen LogP contribution in [0.25, 0.3) is 0 Å². The van der Waals surface area contributed by atoms with Crippen LogP contribution in [0.3, 0.4) is 0 Å². The zero-order valence-electron chi connectivity index (χ0n) is 19.0. The number of rotatable bonds is 7. The fraction of sp³-hybridized carbons (Fsp3) is 0.370. The number of fused-ring (bicyclic) bond motifs is 1. The molecule has 2 aromatic carbocycles. The number of benzene rings is 2. The van der Waals surface area contributed by atoms with Gasteiger partial charge in [-0.25, -0.2) is 4.98 Å². The van der Waals surface area contributed by atoms with Crippen LogP contribution in [0, 0.1) is 5.92 Å². The molecule has 5 nitrogen and oxygen atoms in total. The lowest BCUT2D eigenvalue weighted by Crippen LogP contribution is -2.32. The Bertz CT molecular complexity index is 1040. The number of hydrogen-bond acceptors (Lipinski definition) is 5. The first-order valence-corrected chi connectivity index (χ1v) is 11.4. The Morgan fingerprint density at radius 1 is 0.969 bits per heavy atom. The summed E-state index contributed by atoms with van der Waals surface area (Å²) < 4.78 is 0. The lowest BCUT2D eigenvalue weighted by atomic mass is 9.71. The SMILES string of the molecule is CC(C)(O)CNc1c(N)c(N)nc2c1C(Cc1ccccc1)C(Cc1ccccc1)CC2. The number of aromatic nitrogens is 1. The number of nitrogens with two attached hydrogens (primary N) is 2. The van der Waals surface area contributed by atoms with Crippen LogP contribution in [0.15, 0.2) is 60.7 Å². The number of aryl methyl sites for hydroxylation is 1. The summed E-state index contributed by atoms with van der Waals surface area (Å²) in [4.78, 5) is 4.70. The first-order chi connectivity index (χ1) is 15.3. The Morgan fingerprint density at radius 2 is 1.56 bits per heavy atom. The van der Waals surface area contributed by atoms with Gasteiger partial charge in [-0.1, -0.05) is 60.7 Å². The summed E-state index contributed by atoms with van der Waals surface area (Å²) in [7, 11) is 0. The van der Waals surface area contributed by atoms with Gasteiger partial charge in [-0.15, -0.1) is 0 Å². The largest absolute Gasteiger partial charge is 0.394 e. The van der Waals surface area contributed by atoms with E-state index in [-0.39, 0.29) is 5.92 Å². The van der Waals surface area contributed by atoms with Gasteiger partial charge < -0.3 is 21.9 Å². The molecule has 3 aromatic rings. The normalized spacial score (nSPS) is 18.2. The van der Waals surface area contributed by atoms with Gasteiger partial charge in [0.25, 0.3) is 0 Å². The van der Waals surface area contributed by atoms with E-state index in [2.05, 4.69) is 66.0 Å². The molecule has 6 N–H and O–H groups in total. The lowest BCUT2D eigenvalue weighted by molar-refractivity contribution is 0.0945. The maximum absolute atomic E-state index is 10.3. The standard InChI is InChI=1S/C27H34N4O/c1-27(2,32)17-30-25-23-21(16-19-11-7-4-8-12-19)20(15-18-9-5-3-6-10-18)13-14-22(23)31-26(29)24(25)28/h3-12,20-21,32H,13-17,28H2,1-2H3,(H3,29,30,31). The fourth-order valence-corrected chi connectivity index (χ4v) is 4.83. The van der Waals surface area contributed by atoms with Crippen LogP contribution < -0.4 is 16.8 Å². The molecule has 0 fully saturated rings. The van der Waals surface area contributed by atoms with E-state index in [0.717, 1.165) is 42.6 Å². The minimum Gasteiger partial charge on any atom is -0.394 e. The van der Waals surface area contributed by atoms with Crippen molar-refractivity contribution < 1.29 is 5.11 Å². The van der Waals surface area contributed by atoms with E-state index in [0.29, 0.717) is 24.0 Å². The highest BCUT2D eigenvalue weighted by Gasteiger charge is 2.34. The van der Waals surface area contributed by atoms with Crippen LogP contribution in [0.4, 0.5) is 17.2 Å². The van der Waals surface area contributed by atoms with E-state index in [1.165, 1.54) is 11.1 Å². The molecule has 1 aliphatic carbocycles. The van der Waals surface area contributed by atoms with Gasteiger partial charge in [0.2, 0.25) is 0 Å². The number of nitrogens with one attached hydrogen (secondary N) is 1. The number of anilines is 3. The Balaban J connectivity index is 1.77. The van der Waals surface area contributed by atoms with Gasteiger partial charge >= 0.3 is 0 Å². The van der Waals surface area contributed by atoms with Crippen LogP contribution in [0.2, 0.25) is 0 Å². The van der Waals surface area contributed by atoms with Crippen LogP contribution in [0.1, 0.15) is 48.6 Å². The summed E-state index contributed by atoms with van der Waals surface area (Å²) in [6, 6.07) is 21.3. The summed E-state index contributed by atoms with van der Waals surface area (Å²) in [5, 5.41) is 13.8. The zero-order chi connectivity index (χ0) is 22.7. The number of hydrogen-bond donors (Lipinski definition) is 4. The second-order valence-electron chi connectivity index (χ2n) is 9.60. The highest BCUT2D eigenvalue weighted by Crippen LogP contribution is 2.46. The van der Waals surface area contributed by atoms with E-state index in [1.54, 1.807) is 13.8 Å². The minimum atomic E-state index is -0.871. The number of aliphatic hydroxyl groups is 1. The molecule has 2 atom stereocenters. The highest BCUT2D eigenvalue weighted by molar-refractivity contribution is 5.81. The van der Waals surface area contributed by atoms with Crippen LogP contribution in [0.5, 0.6) is 0 Å². The molecule has 4 rings (SSSR count). The third-order valence-electron chi connectivity index (χ3n) is 6.41. The maximum Gasteiger partial charge on any atom is 0.149 e. The molecule has 32 heavy (non-hydrogen) atoms. The smallest absolute Gasteiger partial charge is 0.149 e. The molecular weight excluding hydrogens is 396 g/mol. The molecule has 0 saturated heterocycles. The van der Waals surface area contributed by atoms with Crippen molar-refractivity contribution in [2.45, 2.75) is 51.0 Å². The summed E-state index contributed by atoms with van der Waals surface area (Å²) in [5.41, 5.74) is 17.9. The molecule has 0 spiro atoms. The topological polar surface area (TPSA) is 97.2 Å². The van der Waals surface area contributed by atoms with Crippen LogP contribution >= 0.6 is 0 Å². The predicted molar refractivity (Wildman–Crippen MR) is 133 cm³/mol. The third-order valence-corrected chi connectivity index (χ3v) is 6.41. The average molecular weight is 431 g/mol. The summed E-state index contributed by atoms with van der Waals surface area (Å²) in [6.07, 6.45) is 3.85. The van der Waals surface area contributed by atoms with Gasteiger partial charge in [0, 0.05) is 17.8 Å². The van der Waals surface area contributed by atoms with Crippen molar-refractivity contribution in [3.05, 3.63) is 83.0 Å². The number of nitrogens with zero attached hydrogens (tertiary/aromatic N) is 1. The predicted octanol–water partition coefficient (Wildman–Crippen LogP) is 4.56. The van der Waals surface area contributed by atoms with E-state index in [9.17, 15) is 5.11 Å². The van der Waals surface area contributed by atoms with Gasteiger partial charge in [-0.05, 0) is 62.5 Å². The Kier molecular flexibility index (Phi) is 6.38. The van der Waals surface area contributed by atoms with Gasteiger partial charge in [-0.2, -0.15) is 0 Å². The molecule has 0 aliphatic heterocycles. The molecular formula is C27H34N4O. The quantitative estimate of drug-likeness (QED) is 0.441. The monoisotopic (exact) mass is 430 g/mol. The van der Waals surface area contributed by atoms with E-state index in [4.69, 9.17) is 16.5 Å². The van der Waals surface area contributed by atoms with Crippen LogP contribution in [-0.4, -0.2) is 22.2 Å². The average Bonchev–Trinajstić information content (AvgIpc) is 2.77. The first-order valence-electron chi connectivity index (χ1n) is 11.4. The van der Waals surface area contributed by atoms with Crippen molar-refractivity contribution >= 4 is 17.2 Å². The van der Waals surface area contributed by atoms with Crippen molar-refractivity contribution in [2.75, 3.05) is 23.3 Å². The maximum atomic E-state index is 10.3. The summed E-state index contributed by atoms with van der Waals surface area (Å²) in [5.74, 6) is 1.07. The third kappa shape index (κ3) is 5.05. The van der Waals surface area contributed by atoms with E-state index >= 15 is 0 Å². The number of nitrogen functional groups attached to an aromatic ring is 2. The molecule has 5 heteroatoms. The Hall–Kier alpha value is -3.05. The van der Waals surface area contributed by atoms with Gasteiger partial charge in [-0.3, -0.25) is 0 Å². The molecule has 1 heterocycles. The van der Waals surface area contributed by atoms with Gasteiger partial charge in [0.05, 0.1) is 17.0 Å². The Morgan fingerprint density at radius 3 is 2.16 bits per heavy atom. The minimum absolute atomic E-state index is 0.251. The fourth-order valence-electron chi connectivity index (χ4n) is 4.83. The first kappa shape index (κ1) is 22.2. The molecule has 0 saturated carbocycles. The summed E-state index contributed by atoms with van der Waals surface area (Å²) in [6.45, 7) is 3.95. The molecule has 0 amide bonds. The molecule has 2 unspecified atom stereocenters. The zero-order valence-corrected chi connectivity index (χ0v) is 19.0. The van der Waals surface area contributed by atoms with Crippen molar-refractivity contribution in [1.29, 1.82) is 0 Å². The lowest BCUT2D eigenvalue weighted by Gasteiger charge is -2.36. The molecule has 1 aliphatic rings. The van der Waals surface area contributed by atoms with Gasteiger partial charge in [0.1, 0.15) is 5.82 Å². The van der Waals surface area contributed by atoms with E-state index < -0.39 is 5.60 Å². The van der Waals surface area contributed by atoms with Crippen molar-refractivity contribution in [2.24, 2.45) is 5.92 Å². The van der Waals surface area contributed by atoms with Crippen molar-refractivity contribution in [1.82, 2.24) is 4.98 Å². The second-order valence-corrected chi connectivity index (χ2v) is 9.60. The molecule has 0 bridgehead atoms. The van der Waals surface area contributed by atoms with Crippen LogP contribution in [-0.2, 0) is 19.3 Å². The van der Waals surface area contributed by atoms with E-state index in [1.807, 2.05) is 0 Å². The second kappa shape index (κ2) is 9.21.